The number of rotatable bonds is 3. The van der Waals surface area contributed by atoms with Crippen LogP contribution in [0, 0.1) is 0 Å². The fraction of sp³-hybridized carbons (Fsp3) is 0.615. The van der Waals surface area contributed by atoms with Crippen molar-refractivity contribution < 1.29 is 5.11 Å². The van der Waals surface area contributed by atoms with Gasteiger partial charge in [-0.2, -0.15) is 0 Å². The Morgan fingerprint density at radius 3 is 3.12 bits per heavy atom. The van der Waals surface area contributed by atoms with Crippen LogP contribution in [0.3, 0.4) is 0 Å². The molecule has 0 saturated carbocycles. The van der Waals surface area contributed by atoms with Crippen molar-refractivity contribution in [2.24, 2.45) is 5.73 Å². The van der Waals surface area contributed by atoms with Crippen molar-refractivity contribution in [3.63, 3.8) is 0 Å². The number of piperidine rings is 1. The molecule has 0 aliphatic carbocycles. The molecular weight excluding hydrogens is 214 g/mol. The maximum absolute atomic E-state index is 9.41. The number of hydrogen-bond acceptors (Lipinski definition) is 4. The summed E-state index contributed by atoms with van der Waals surface area (Å²) < 4.78 is 0. The molecule has 1 aromatic rings. The molecule has 1 saturated heterocycles. The van der Waals surface area contributed by atoms with E-state index in [2.05, 4.69) is 9.88 Å². The standard InChI is InChI=1S/C13H21N3O/c1-10(14)11-5-6-15-13(8-11)16-7-3-2-4-12(16)9-17/h5-6,8,10,12,17H,2-4,7,9,14H2,1H3/t10-,12?/m1/s1. The van der Waals surface area contributed by atoms with E-state index in [9.17, 15) is 5.11 Å². The lowest BCUT2D eigenvalue weighted by Crippen LogP contribution is -2.42. The van der Waals surface area contributed by atoms with E-state index in [1.165, 1.54) is 12.8 Å². The minimum absolute atomic E-state index is 0.0223. The molecule has 0 amide bonds. The summed E-state index contributed by atoms with van der Waals surface area (Å²) in [6, 6.07) is 4.22. The molecule has 1 unspecified atom stereocenters. The van der Waals surface area contributed by atoms with Crippen LogP contribution in [0.15, 0.2) is 18.3 Å². The molecule has 0 bridgehead atoms. The maximum atomic E-state index is 9.41. The fourth-order valence-corrected chi connectivity index (χ4v) is 2.37. The van der Waals surface area contributed by atoms with Crippen molar-refractivity contribution in [1.82, 2.24) is 4.98 Å². The summed E-state index contributed by atoms with van der Waals surface area (Å²) in [5.74, 6) is 0.943. The maximum Gasteiger partial charge on any atom is 0.129 e. The predicted octanol–water partition coefficient (Wildman–Crippen LogP) is 1.45. The minimum atomic E-state index is 0.0223. The summed E-state index contributed by atoms with van der Waals surface area (Å²) in [5, 5.41) is 9.41. The average Bonchev–Trinajstić information content (AvgIpc) is 2.39. The highest BCUT2D eigenvalue weighted by atomic mass is 16.3. The van der Waals surface area contributed by atoms with E-state index < -0.39 is 0 Å². The van der Waals surface area contributed by atoms with E-state index in [0.717, 1.165) is 24.3 Å². The summed E-state index contributed by atoms with van der Waals surface area (Å²) in [6.45, 7) is 3.14. The number of pyridine rings is 1. The highest BCUT2D eigenvalue weighted by molar-refractivity contribution is 5.43. The van der Waals surface area contributed by atoms with E-state index in [1.54, 1.807) is 6.20 Å². The van der Waals surface area contributed by atoms with Crippen molar-refractivity contribution in [1.29, 1.82) is 0 Å². The number of anilines is 1. The Kier molecular flexibility index (Phi) is 3.97. The zero-order valence-corrected chi connectivity index (χ0v) is 10.3. The molecule has 0 radical (unpaired) electrons. The number of aliphatic hydroxyl groups excluding tert-OH is 1. The van der Waals surface area contributed by atoms with E-state index in [-0.39, 0.29) is 18.7 Å². The largest absolute Gasteiger partial charge is 0.394 e. The molecule has 2 heterocycles. The number of hydrogen-bond donors (Lipinski definition) is 2. The van der Waals surface area contributed by atoms with Crippen LogP contribution >= 0.6 is 0 Å². The van der Waals surface area contributed by atoms with E-state index >= 15 is 0 Å². The Morgan fingerprint density at radius 2 is 2.41 bits per heavy atom. The first-order chi connectivity index (χ1) is 8.22. The zero-order valence-electron chi connectivity index (χ0n) is 10.3. The quantitative estimate of drug-likeness (QED) is 0.832. The van der Waals surface area contributed by atoms with Gasteiger partial charge in [-0.05, 0) is 43.9 Å². The molecule has 2 atom stereocenters. The SMILES string of the molecule is C[C@@H](N)c1ccnc(N2CCCCC2CO)c1. The Morgan fingerprint density at radius 1 is 1.59 bits per heavy atom. The van der Waals surface area contributed by atoms with Crippen LogP contribution in [0.4, 0.5) is 5.82 Å². The van der Waals surface area contributed by atoms with Crippen molar-refractivity contribution >= 4 is 5.82 Å². The van der Waals surface area contributed by atoms with Crippen LogP contribution in [-0.4, -0.2) is 29.3 Å². The molecule has 1 aliphatic heterocycles. The van der Waals surface area contributed by atoms with Crippen LogP contribution in [-0.2, 0) is 0 Å². The van der Waals surface area contributed by atoms with Gasteiger partial charge in [0, 0.05) is 18.8 Å². The summed E-state index contributed by atoms with van der Waals surface area (Å²) in [4.78, 5) is 6.61. The normalized spacial score (nSPS) is 22.5. The molecule has 0 aromatic carbocycles. The predicted molar refractivity (Wildman–Crippen MR) is 68.9 cm³/mol. The second-order valence-electron chi connectivity index (χ2n) is 4.76. The monoisotopic (exact) mass is 235 g/mol. The lowest BCUT2D eigenvalue weighted by Gasteiger charge is -2.35. The average molecular weight is 235 g/mol. The van der Waals surface area contributed by atoms with Crippen molar-refractivity contribution in [3.8, 4) is 0 Å². The summed E-state index contributed by atoms with van der Waals surface area (Å²) in [5.41, 5.74) is 6.98. The summed E-state index contributed by atoms with van der Waals surface area (Å²) in [7, 11) is 0. The molecule has 1 aromatic heterocycles. The van der Waals surface area contributed by atoms with Crippen LogP contribution < -0.4 is 10.6 Å². The van der Waals surface area contributed by atoms with Gasteiger partial charge < -0.3 is 15.7 Å². The molecule has 4 heteroatoms. The van der Waals surface area contributed by atoms with E-state index in [1.807, 2.05) is 19.1 Å². The highest BCUT2D eigenvalue weighted by Crippen LogP contribution is 2.24. The summed E-state index contributed by atoms with van der Waals surface area (Å²) in [6.07, 6.45) is 5.20. The third-order valence-corrected chi connectivity index (χ3v) is 3.43. The minimum Gasteiger partial charge on any atom is -0.394 e. The van der Waals surface area contributed by atoms with Crippen LogP contribution in [0.2, 0.25) is 0 Å². The van der Waals surface area contributed by atoms with Gasteiger partial charge in [0.05, 0.1) is 12.6 Å². The second kappa shape index (κ2) is 5.47. The van der Waals surface area contributed by atoms with Gasteiger partial charge in [0.2, 0.25) is 0 Å². The fourth-order valence-electron chi connectivity index (χ4n) is 2.37. The smallest absolute Gasteiger partial charge is 0.129 e. The van der Waals surface area contributed by atoms with Gasteiger partial charge in [-0.1, -0.05) is 0 Å². The van der Waals surface area contributed by atoms with Crippen molar-refractivity contribution in [2.45, 2.75) is 38.3 Å². The van der Waals surface area contributed by atoms with Crippen LogP contribution in [0.5, 0.6) is 0 Å². The molecule has 0 spiro atoms. The second-order valence-corrected chi connectivity index (χ2v) is 4.76. The van der Waals surface area contributed by atoms with Gasteiger partial charge in [0.25, 0.3) is 0 Å². The van der Waals surface area contributed by atoms with E-state index in [0.29, 0.717) is 0 Å². The van der Waals surface area contributed by atoms with Crippen LogP contribution in [0.25, 0.3) is 0 Å². The van der Waals surface area contributed by atoms with Gasteiger partial charge in [-0.3, -0.25) is 0 Å². The first-order valence-electron chi connectivity index (χ1n) is 6.31. The highest BCUT2D eigenvalue weighted by Gasteiger charge is 2.22. The Labute approximate surface area is 102 Å². The Hall–Kier alpha value is -1.13. The van der Waals surface area contributed by atoms with E-state index in [4.69, 9.17) is 5.73 Å². The third-order valence-electron chi connectivity index (χ3n) is 3.43. The zero-order chi connectivity index (χ0) is 12.3. The number of nitrogens with zero attached hydrogens (tertiary/aromatic N) is 2. The van der Waals surface area contributed by atoms with Crippen molar-refractivity contribution in [2.75, 3.05) is 18.1 Å². The molecule has 2 rings (SSSR count). The first kappa shape index (κ1) is 12.3. The Bertz CT molecular complexity index is 367. The number of aliphatic hydroxyl groups is 1. The topological polar surface area (TPSA) is 62.4 Å². The number of aromatic nitrogens is 1. The molecule has 17 heavy (non-hydrogen) atoms. The molecule has 1 aliphatic rings. The van der Waals surface area contributed by atoms with Gasteiger partial charge in [0.15, 0.2) is 0 Å². The Balaban J connectivity index is 2.22. The molecule has 4 nitrogen and oxygen atoms in total. The molecule has 94 valence electrons. The molecule has 1 fully saturated rings. The number of nitrogens with two attached hydrogens (primary N) is 1. The lowest BCUT2D eigenvalue weighted by atomic mass is 10.0. The van der Waals surface area contributed by atoms with Gasteiger partial charge in [-0.15, -0.1) is 0 Å². The lowest BCUT2D eigenvalue weighted by molar-refractivity contribution is 0.239. The van der Waals surface area contributed by atoms with Crippen molar-refractivity contribution in [3.05, 3.63) is 23.9 Å². The molecular formula is C13H21N3O. The third kappa shape index (κ3) is 2.76. The summed E-state index contributed by atoms with van der Waals surface area (Å²) >= 11 is 0. The van der Waals surface area contributed by atoms with Gasteiger partial charge in [0.1, 0.15) is 5.82 Å². The first-order valence-corrected chi connectivity index (χ1v) is 6.31. The van der Waals surface area contributed by atoms with Crippen LogP contribution in [0.1, 0.15) is 37.8 Å². The van der Waals surface area contributed by atoms with Gasteiger partial charge in [-0.25, -0.2) is 4.98 Å². The van der Waals surface area contributed by atoms with Gasteiger partial charge >= 0.3 is 0 Å². The molecule has 3 N–H and O–H groups in total.